The summed E-state index contributed by atoms with van der Waals surface area (Å²) in [5.74, 6) is 0.949. The van der Waals surface area contributed by atoms with Gasteiger partial charge in [0.1, 0.15) is 31.0 Å². The summed E-state index contributed by atoms with van der Waals surface area (Å²) in [4.78, 5) is 12.5. The fourth-order valence-corrected chi connectivity index (χ4v) is 3.75. The second kappa shape index (κ2) is 10.8. The molecule has 7 heteroatoms. The highest BCUT2D eigenvalue weighted by Gasteiger charge is 2.20. The van der Waals surface area contributed by atoms with Gasteiger partial charge in [0, 0.05) is 17.7 Å². The van der Waals surface area contributed by atoms with E-state index in [1.165, 1.54) is 12.3 Å². The Morgan fingerprint density at radius 1 is 0.939 bits per heavy atom. The smallest absolute Gasteiger partial charge is 0.273 e. The van der Waals surface area contributed by atoms with Crippen molar-refractivity contribution >= 4 is 21.8 Å². The Morgan fingerprint density at radius 2 is 1.55 bits per heavy atom. The minimum absolute atomic E-state index is 0.218. The summed E-state index contributed by atoms with van der Waals surface area (Å²) in [6.45, 7) is 2.70. The minimum atomic E-state index is -0.348. The van der Waals surface area contributed by atoms with E-state index in [-0.39, 0.29) is 17.6 Å². The van der Waals surface area contributed by atoms with Crippen molar-refractivity contribution in [2.75, 3.05) is 0 Å². The molecule has 3 aromatic carbocycles. The first kappa shape index (κ1) is 22.6. The quantitative estimate of drug-likeness (QED) is 0.297. The van der Waals surface area contributed by atoms with Crippen molar-refractivity contribution in [1.29, 1.82) is 0 Å². The number of hydrogen-bond donors (Lipinski definition) is 1. The Hall–Kier alpha value is -3.58. The molecule has 1 atom stereocenters. The van der Waals surface area contributed by atoms with Gasteiger partial charge in [0.15, 0.2) is 5.69 Å². The number of halogens is 1. The van der Waals surface area contributed by atoms with Crippen LogP contribution in [0.15, 0.2) is 94.1 Å². The van der Waals surface area contributed by atoms with Crippen molar-refractivity contribution < 1.29 is 18.8 Å². The molecule has 0 bridgehead atoms. The third-order valence-electron chi connectivity index (χ3n) is 5.02. The predicted molar refractivity (Wildman–Crippen MR) is 128 cm³/mol. The normalized spacial score (nSPS) is 11.6. The molecule has 1 unspecified atom stereocenters. The van der Waals surface area contributed by atoms with Crippen molar-refractivity contribution in [1.82, 2.24) is 10.5 Å². The van der Waals surface area contributed by atoms with Crippen LogP contribution in [0.4, 0.5) is 0 Å². The van der Waals surface area contributed by atoms with Gasteiger partial charge in [-0.05, 0) is 40.0 Å². The number of aromatic nitrogens is 1. The highest BCUT2D eigenvalue weighted by molar-refractivity contribution is 9.10. The van der Waals surface area contributed by atoms with E-state index < -0.39 is 0 Å². The lowest BCUT2D eigenvalue weighted by Crippen LogP contribution is -2.27. The number of carbonyl (C=O) groups is 1. The van der Waals surface area contributed by atoms with E-state index in [0.29, 0.717) is 24.7 Å². The number of rotatable bonds is 9. The fourth-order valence-electron chi connectivity index (χ4n) is 3.27. The van der Waals surface area contributed by atoms with Gasteiger partial charge in [-0.2, -0.15) is 0 Å². The lowest BCUT2D eigenvalue weighted by molar-refractivity contribution is 0.0930. The molecule has 1 heterocycles. The second-order valence-corrected chi connectivity index (χ2v) is 8.30. The monoisotopic (exact) mass is 506 g/mol. The fraction of sp³-hybridized carbons (Fsp3) is 0.154. The number of benzene rings is 3. The van der Waals surface area contributed by atoms with Crippen molar-refractivity contribution in [3.8, 4) is 11.5 Å². The van der Waals surface area contributed by atoms with E-state index in [1.807, 2.05) is 79.7 Å². The van der Waals surface area contributed by atoms with Crippen LogP contribution in [0, 0.1) is 0 Å². The summed E-state index contributed by atoms with van der Waals surface area (Å²) in [6, 6.07) is 24.8. The van der Waals surface area contributed by atoms with Crippen LogP contribution < -0.4 is 14.8 Å². The van der Waals surface area contributed by atoms with Gasteiger partial charge in [-0.25, -0.2) is 0 Å². The van der Waals surface area contributed by atoms with Gasteiger partial charge in [-0.3, -0.25) is 4.79 Å². The molecule has 6 nitrogen and oxygen atoms in total. The number of nitrogens with zero attached hydrogens (tertiary/aromatic N) is 1. The third kappa shape index (κ3) is 6.02. The van der Waals surface area contributed by atoms with Gasteiger partial charge in [0.25, 0.3) is 5.91 Å². The van der Waals surface area contributed by atoms with E-state index in [2.05, 4.69) is 26.4 Å². The molecule has 0 radical (unpaired) electrons. The largest absolute Gasteiger partial charge is 0.488 e. The average Bonchev–Trinajstić information content (AvgIpc) is 3.39. The molecule has 1 aromatic heterocycles. The second-order valence-electron chi connectivity index (χ2n) is 7.45. The zero-order valence-corrected chi connectivity index (χ0v) is 19.6. The Morgan fingerprint density at radius 3 is 2.12 bits per heavy atom. The number of carbonyl (C=O) groups excluding carboxylic acids is 1. The molecule has 4 aromatic rings. The molecule has 0 aliphatic rings. The van der Waals surface area contributed by atoms with Crippen LogP contribution in [0.25, 0.3) is 0 Å². The van der Waals surface area contributed by atoms with Crippen molar-refractivity contribution in [2.24, 2.45) is 0 Å². The lowest BCUT2D eigenvalue weighted by Gasteiger charge is -2.20. The minimum Gasteiger partial charge on any atom is -0.488 e. The summed E-state index contributed by atoms with van der Waals surface area (Å²) in [7, 11) is 0. The van der Waals surface area contributed by atoms with Crippen LogP contribution >= 0.6 is 15.9 Å². The third-order valence-corrected chi connectivity index (χ3v) is 5.64. The maximum Gasteiger partial charge on any atom is 0.273 e. The van der Waals surface area contributed by atoms with E-state index >= 15 is 0 Å². The highest BCUT2D eigenvalue weighted by Crippen LogP contribution is 2.37. The zero-order chi connectivity index (χ0) is 23.0. The Balaban J connectivity index is 1.57. The van der Waals surface area contributed by atoms with Gasteiger partial charge in [-0.1, -0.05) is 65.8 Å². The van der Waals surface area contributed by atoms with Gasteiger partial charge < -0.3 is 19.3 Å². The van der Waals surface area contributed by atoms with Gasteiger partial charge in [-0.15, -0.1) is 0 Å². The molecule has 0 saturated carbocycles. The number of amides is 1. The van der Waals surface area contributed by atoms with Crippen LogP contribution in [-0.4, -0.2) is 11.1 Å². The molecule has 168 valence electrons. The Labute approximate surface area is 200 Å². The molecule has 0 aliphatic heterocycles. The highest BCUT2D eigenvalue weighted by atomic mass is 79.9. The molecule has 1 amide bonds. The van der Waals surface area contributed by atoms with E-state index in [0.717, 1.165) is 21.2 Å². The maximum absolute atomic E-state index is 12.5. The molecular formula is C26H23BrN2O4. The summed E-state index contributed by atoms with van der Waals surface area (Å²) < 4.78 is 17.8. The average molecular weight is 507 g/mol. The van der Waals surface area contributed by atoms with Crippen LogP contribution in [0.3, 0.4) is 0 Å². The number of ether oxygens (including phenoxy) is 2. The van der Waals surface area contributed by atoms with Crippen LogP contribution in [0.2, 0.25) is 0 Å². The molecule has 0 fully saturated rings. The first-order chi connectivity index (χ1) is 16.1. The Kier molecular flexibility index (Phi) is 7.42. The summed E-state index contributed by atoms with van der Waals surface area (Å²) >= 11 is 3.60. The molecule has 0 aliphatic carbocycles. The standard InChI is InChI=1S/C26H23BrN2O4/c1-18(28-26(30)23-12-13-33-29-23)21-14-22(27)25(32-17-20-10-6-3-7-11-20)15-24(21)31-16-19-8-4-2-5-9-19/h2-15,18H,16-17H2,1H3,(H,28,30). The molecule has 0 saturated heterocycles. The number of nitrogens with one attached hydrogen (secondary N) is 1. The van der Waals surface area contributed by atoms with E-state index in [4.69, 9.17) is 14.0 Å². The lowest BCUT2D eigenvalue weighted by atomic mass is 10.1. The predicted octanol–water partition coefficient (Wildman–Crippen LogP) is 6.09. The SMILES string of the molecule is CC(NC(=O)c1ccon1)c1cc(Br)c(OCc2ccccc2)cc1OCc1ccccc1. The summed E-state index contributed by atoms with van der Waals surface area (Å²) in [5, 5.41) is 6.64. The van der Waals surface area contributed by atoms with Gasteiger partial charge >= 0.3 is 0 Å². The zero-order valence-electron chi connectivity index (χ0n) is 18.0. The van der Waals surface area contributed by atoms with Crippen LogP contribution in [0.5, 0.6) is 11.5 Å². The maximum atomic E-state index is 12.5. The summed E-state index contributed by atoms with van der Waals surface area (Å²) in [5.41, 5.74) is 3.13. The first-order valence-corrected chi connectivity index (χ1v) is 11.3. The van der Waals surface area contributed by atoms with Crippen LogP contribution in [0.1, 0.15) is 40.1 Å². The number of hydrogen-bond acceptors (Lipinski definition) is 5. The molecule has 0 spiro atoms. The summed E-state index contributed by atoms with van der Waals surface area (Å²) in [6.07, 6.45) is 1.36. The molecule has 4 rings (SSSR count). The topological polar surface area (TPSA) is 73.6 Å². The van der Waals surface area contributed by atoms with Crippen molar-refractivity contribution in [2.45, 2.75) is 26.2 Å². The van der Waals surface area contributed by atoms with Crippen molar-refractivity contribution in [3.05, 3.63) is 112 Å². The van der Waals surface area contributed by atoms with E-state index in [9.17, 15) is 4.79 Å². The van der Waals surface area contributed by atoms with Gasteiger partial charge in [0.05, 0.1) is 10.5 Å². The van der Waals surface area contributed by atoms with E-state index in [1.54, 1.807) is 0 Å². The van der Waals surface area contributed by atoms with Gasteiger partial charge in [0.2, 0.25) is 0 Å². The Bertz CT molecular complexity index is 1180. The molecular weight excluding hydrogens is 484 g/mol. The van der Waals surface area contributed by atoms with Crippen molar-refractivity contribution in [3.63, 3.8) is 0 Å². The first-order valence-electron chi connectivity index (χ1n) is 10.5. The molecule has 1 N–H and O–H groups in total. The molecule has 33 heavy (non-hydrogen) atoms. The van der Waals surface area contributed by atoms with Crippen LogP contribution in [-0.2, 0) is 13.2 Å².